The topological polar surface area (TPSA) is 78.6 Å². The minimum Gasteiger partial charge on any atom is -0.370 e. The van der Waals surface area contributed by atoms with Crippen molar-refractivity contribution in [1.29, 1.82) is 0 Å². The molecule has 0 bridgehead atoms. The lowest BCUT2D eigenvalue weighted by Crippen LogP contribution is -2.50. The maximum absolute atomic E-state index is 12.9. The van der Waals surface area contributed by atoms with Gasteiger partial charge in [-0.3, -0.25) is 4.90 Å². The number of para-hydroxylation sites is 1. The summed E-state index contributed by atoms with van der Waals surface area (Å²) in [5, 5.41) is 11.6. The average molecular weight is 451 g/mol. The van der Waals surface area contributed by atoms with E-state index in [0.717, 1.165) is 22.4 Å². The Balaban J connectivity index is 1.49. The van der Waals surface area contributed by atoms with E-state index >= 15 is 0 Å². The Bertz CT molecular complexity index is 927. The number of halogens is 2. The zero-order valence-corrected chi connectivity index (χ0v) is 16.9. The zero-order chi connectivity index (χ0) is 19.0. The van der Waals surface area contributed by atoms with Gasteiger partial charge in [0, 0.05) is 37.2 Å². The Hall–Kier alpha value is -2.39. The lowest BCUT2D eigenvalue weighted by molar-refractivity contribution is 0.245. The normalized spacial score (nSPS) is 19.3. The number of aliphatic imine (C=N–C) groups is 1. The fourth-order valence-electron chi connectivity index (χ4n) is 3.17. The standard InChI is InChI=1S/C17H17BrClN7O/c1-24-7-8-25(14-4-2-3-12(18)15(14)24)17(27)23-11-9-13(19)16(20-10-11)26-21-5-6-22-26/h2-6,10-11H,7-9H2,1H3,(H,23,27). The van der Waals surface area contributed by atoms with E-state index in [1.54, 1.807) is 23.5 Å². The van der Waals surface area contributed by atoms with E-state index in [1.807, 2.05) is 25.2 Å². The van der Waals surface area contributed by atoms with Crippen molar-refractivity contribution in [2.75, 3.05) is 29.9 Å². The molecule has 0 saturated carbocycles. The van der Waals surface area contributed by atoms with Crippen molar-refractivity contribution >= 4 is 57.0 Å². The SMILES string of the molecule is CN1CCN(C(=O)NC2C=NC(n3nccn3)=C(Cl)C2)c2cccc(Br)c21. The quantitative estimate of drug-likeness (QED) is 0.763. The molecule has 8 nitrogen and oxygen atoms in total. The molecule has 0 fully saturated rings. The van der Waals surface area contributed by atoms with Crippen molar-refractivity contribution in [3.05, 3.63) is 40.1 Å². The number of benzene rings is 1. The van der Waals surface area contributed by atoms with Crippen LogP contribution in [0.2, 0.25) is 0 Å². The number of rotatable bonds is 2. The van der Waals surface area contributed by atoms with Gasteiger partial charge in [-0.15, -0.1) is 4.80 Å². The molecule has 3 heterocycles. The molecule has 1 aromatic heterocycles. The second kappa shape index (κ2) is 7.32. The van der Waals surface area contributed by atoms with E-state index < -0.39 is 0 Å². The van der Waals surface area contributed by atoms with E-state index in [9.17, 15) is 4.79 Å². The highest BCUT2D eigenvalue weighted by molar-refractivity contribution is 9.10. The predicted molar refractivity (Wildman–Crippen MR) is 109 cm³/mol. The van der Waals surface area contributed by atoms with Gasteiger partial charge in [0.05, 0.1) is 34.8 Å². The van der Waals surface area contributed by atoms with Crippen LogP contribution in [0.1, 0.15) is 6.42 Å². The number of aromatic nitrogens is 3. The van der Waals surface area contributed by atoms with Gasteiger partial charge in [0.2, 0.25) is 0 Å². The molecular weight excluding hydrogens is 434 g/mol. The van der Waals surface area contributed by atoms with Crippen LogP contribution in [-0.2, 0) is 0 Å². The molecule has 140 valence electrons. The molecular formula is C17H17BrClN7O. The maximum Gasteiger partial charge on any atom is 0.322 e. The van der Waals surface area contributed by atoms with Gasteiger partial charge in [0.15, 0.2) is 5.82 Å². The Morgan fingerprint density at radius 2 is 2.07 bits per heavy atom. The Kier molecular flexibility index (Phi) is 4.88. The van der Waals surface area contributed by atoms with Crippen molar-refractivity contribution in [2.45, 2.75) is 12.5 Å². The summed E-state index contributed by atoms with van der Waals surface area (Å²) in [6.07, 6.45) is 5.22. The van der Waals surface area contributed by atoms with Crippen LogP contribution in [0.5, 0.6) is 0 Å². The molecule has 0 saturated heterocycles. The number of amides is 2. The fourth-order valence-corrected chi connectivity index (χ4v) is 4.12. The number of nitrogens with one attached hydrogen (secondary N) is 1. The van der Waals surface area contributed by atoms with E-state index in [-0.39, 0.29) is 12.1 Å². The summed E-state index contributed by atoms with van der Waals surface area (Å²) in [6.45, 7) is 1.35. The largest absolute Gasteiger partial charge is 0.370 e. The Labute approximate surface area is 169 Å². The number of hydrogen-bond donors (Lipinski definition) is 1. The van der Waals surface area contributed by atoms with Gasteiger partial charge in [-0.05, 0) is 28.1 Å². The summed E-state index contributed by atoms with van der Waals surface area (Å²) in [4.78, 5) is 22.5. The van der Waals surface area contributed by atoms with Crippen LogP contribution in [0.25, 0.3) is 5.82 Å². The molecule has 27 heavy (non-hydrogen) atoms. The number of fused-ring (bicyclic) bond motifs is 1. The van der Waals surface area contributed by atoms with Crippen LogP contribution in [0, 0.1) is 0 Å². The van der Waals surface area contributed by atoms with E-state index in [0.29, 0.717) is 23.8 Å². The highest BCUT2D eigenvalue weighted by atomic mass is 79.9. The summed E-state index contributed by atoms with van der Waals surface area (Å²) >= 11 is 9.92. The third-order valence-electron chi connectivity index (χ3n) is 4.48. The molecule has 2 aromatic rings. The molecule has 2 amide bonds. The van der Waals surface area contributed by atoms with Gasteiger partial charge < -0.3 is 10.2 Å². The highest BCUT2D eigenvalue weighted by Gasteiger charge is 2.28. The van der Waals surface area contributed by atoms with Crippen LogP contribution in [0.4, 0.5) is 16.2 Å². The average Bonchev–Trinajstić information content (AvgIpc) is 3.16. The second-order valence-corrected chi connectivity index (χ2v) is 7.58. The summed E-state index contributed by atoms with van der Waals surface area (Å²) in [5.74, 6) is 0.473. The van der Waals surface area contributed by atoms with Gasteiger partial charge >= 0.3 is 6.03 Å². The first-order valence-electron chi connectivity index (χ1n) is 8.42. The Morgan fingerprint density at radius 3 is 2.81 bits per heavy atom. The van der Waals surface area contributed by atoms with Crippen molar-refractivity contribution < 1.29 is 4.79 Å². The van der Waals surface area contributed by atoms with Crippen molar-refractivity contribution in [3.63, 3.8) is 0 Å². The van der Waals surface area contributed by atoms with Gasteiger partial charge in [0.1, 0.15) is 0 Å². The summed E-state index contributed by atoms with van der Waals surface area (Å²) in [7, 11) is 2.02. The van der Waals surface area contributed by atoms with Crippen molar-refractivity contribution in [3.8, 4) is 0 Å². The minimum atomic E-state index is -0.292. The molecule has 10 heteroatoms. The number of anilines is 2. The highest BCUT2D eigenvalue weighted by Crippen LogP contribution is 2.38. The van der Waals surface area contributed by atoms with Gasteiger partial charge in [0.25, 0.3) is 0 Å². The van der Waals surface area contributed by atoms with Gasteiger partial charge in [-0.2, -0.15) is 10.2 Å². The molecule has 0 spiro atoms. The van der Waals surface area contributed by atoms with Gasteiger partial charge in [-0.1, -0.05) is 17.7 Å². The van der Waals surface area contributed by atoms with E-state index in [4.69, 9.17) is 11.6 Å². The van der Waals surface area contributed by atoms with Crippen LogP contribution in [0.15, 0.2) is 45.1 Å². The van der Waals surface area contributed by atoms with Gasteiger partial charge in [-0.25, -0.2) is 9.79 Å². The summed E-state index contributed by atoms with van der Waals surface area (Å²) in [6, 6.07) is 5.37. The molecule has 1 N–H and O–H groups in total. The molecule has 2 aliphatic heterocycles. The zero-order valence-electron chi connectivity index (χ0n) is 14.5. The van der Waals surface area contributed by atoms with Crippen LogP contribution in [0.3, 0.4) is 0 Å². The number of likely N-dealkylation sites (N-methyl/N-ethyl adjacent to an activating group) is 1. The first-order chi connectivity index (χ1) is 13.0. The van der Waals surface area contributed by atoms with Crippen LogP contribution < -0.4 is 15.1 Å². The third kappa shape index (κ3) is 3.44. The van der Waals surface area contributed by atoms with Crippen molar-refractivity contribution in [2.24, 2.45) is 4.99 Å². The Morgan fingerprint density at radius 1 is 1.30 bits per heavy atom. The maximum atomic E-state index is 12.9. The second-order valence-electron chi connectivity index (χ2n) is 6.27. The molecule has 4 rings (SSSR count). The first kappa shape index (κ1) is 18.0. The molecule has 1 unspecified atom stereocenters. The summed E-state index contributed by atoms with van der Waals surface area (Å²) in [5.41, 5.74) is 1.87. The first-order valence-corrected chi connectivity index (χ1v) is 9.59. The van der Waals surface area contributed by atoms with Crippen LogP contribution >= 0.6 is 27.5 Å². The number of carbonyl (C=O) groups excluding carboxylic acids is 1. The molecule has 0 radical (unpaired) electrons. The number of hydrogen-bond acceptors (Lipinski definition) is 5. The predicted octanol–water partition coefficient (Wildman–Crippen LogP) is 2.91. The smallest absolute Gasteiger partial charge is 0.322 e. The minimum absolute atomic E-state index is 0.177. The third-order valence-corrected chi connectivity index (χ3v) is 5.44. The number of nitrogens with zero attached hydrogens (tertiary/aromatic N) is 6. The van der Waals surface area contributed by atoms with E-state index in [1.165, 1.54) is 4.80 Å². The molecule has 1 aromatic carbocycles. The number of urea groups is 1. The molecule has 0 aliphatic carbocycles. The monoisotopic (exact) mass is 449 g/mol. The number of carbonyl (C=O) groups is 1. The van der Waals surface area contributed by atoms with Crippen molar-refractivity contribution in [1.82, 2.24) is 20.3 Å². The lowest BCUT2D eigenvalue weighted by atomic mass is 10.1. The fraction of sp³-hybridized carbons (Fsp3) is 0.294. The molecule has 2 aliphatic rings. The lowest BCUT2D eigenvalue weighted by Gasteiger charge is -2.36. The van der Waals surface area contributed by atoms with Crippen LogP contribution in [-0.4, -0.2) is 53.4 Å². The summed E-state index contributed by atoms with van der Waals surface area (Å²) < 4.78 is 0.960. The van der Waals surface area contributed by atoms with E-state index in [2.05, 4.69) is 41.3 Å². The molecule has 1 atom stereocenters.